The van der Waals surface area contributed by atoms with Crippen LogP contribution in [0.1, 0.15) is 116 Å². The summed E-state index contributed by atoms with van der Waals surface area (Å²) in [5.41, 5.74) is 45.8. The summed E-state index contributed by atoms with van der Waals surface area (Å²) in [6, 6.07) is 2.46. The van der Waals surface area contributed by atoms with Crippen molar-refractivity contribution in [3.63, 3.8) is 0 Å². The number of nitrogens with zero attached hydrogens (tertiary/aromatic N) is 4. The van der Waals surface area contributed by atoms with Gasteiger partial charge in [-0.3, -0.25) is 82.2 Å². The van der Waals surface area contributed by atoms with Crippen molar-refractivity contribution in [1.82, 2.24) is 58.1 Å². The first-order chi connectivity index (χ1) is 50.3. The Morgan fingerprint density at radius 1 is 0.491 bits per heavy atom. The number of carboxylic acids is 1. The van der Waals surface area contributed by atoms with E-state index in [1.54, 1.807) is 88.4 Å². The topological polar surface area (TPSA) is 628 Å². The van der Waals surface area contributed by atoms with Gasteiger partial charge in [-0.05, 0) is 80.9 Å². The van der Waals surface area contributed by atoms with Crippen LogP contribution >= 0.6 is 25.3 Å². The SMILES string of the molecule is CC[C@H](C)[C@H](NC(=O)[C@H](CCCN=C(N)N)NC(=O)CNC(=O)CNC(=O)[C@H](Cc1ccccc1)NC(=O)[C@@H](N)CS)C(=O)N[C@@H](CC(=O)O)C(=O)N[C@@H](CCCN=C(N)N)C(=O)N[C@H](C(=O)N[C@@H](CS)C(=O)N[C@@H](Cc1ccccc1)C(=O)N(C(=O)CCCCN)[C@H](C=O)CCCN=C(N)N)[C@@H](C)CC. The van der Waals surface area contributed by atoms with Crippen LogP contribution in [0, 0.1) is 11.8 Å². The molecule has 588 valence electrons. The lowest BCUT2D eigenvalue weighted by Gasteiger charge is -2.32. The summed E-state index contributed by atoms with van der Waals surface area (Å²) in [6.07, 6.45) is -0.108. The second kappa shape index (κ2) is 50.3. The summed E-state index contributed by atoms with van der Waals surface area (Å²) in [4.78, 5) is 206. The second-order valence-corrected chi connectivity index (χ2v) is 25.7. The smallest absolute Gasteiger partial charge is 0.305 e. The fourth-order valence-corrected chi connectivity index (χ4v) is 10.7. The fourth-order valence-electron chi connectivity index (χ4n) is 10.3. The number of benzene rings is 2. The largest absolute Gasteiger partial charge is 0.481 e. The van der Waals surface area contributed by atoms with Crippen molar-refractivity contribution in [2.24, 2.45) is 72.7 Å². The molecule has 0 saturated heterocycles. The molecule has 0 fully saturated rings. The van der Waals surface area contributed by atoms with Gasteiger partial charge < -0.3 is 109 Å². The number of rotatable bonds is 51. The van der Waals surface area contributed by atoms with Gasteiger partial charge in [-0.1, -0.05) is 101 Å². The summed E-state index contributed by atoms with van der Waals surface area (Å²) in [5.74, 6) is -15.3. The van der Waals surface area contributed by atoms with Crippen LogP contribution < -0.4 is 99.0 Å². The molecule has 0 aromatic heterocycles. The van der Waals surface area contributed by atoms with Crippen LogP contribution in [0.2, 0.25) is 0 Å². The molecule has 0 heterocycles. The van der Waals surface area contributed by atoms with Crippen molar-refractivity contribution in [3.8, 4) is 0 Å². The van der Waals surface area contributed by atoms with Crippen molar-refractivity contribution in [1.29, 1.82) is 0 Å². The molecule has 0 unspecified atom stereocenters. The normalized spacial score (nSPS) is 14.3. The predicted octanol–water partition coefficient (Wildman–Crippen LogP) is -5.45. The zero-order valence-corrected chi connectivity index (χ0v) is 62.1. The van der Waals surface area contributed by atoms with Crippen molar-refractivity contribution in [2.45, 2.75) is 178 Å². The lowest BCUT2D eigenvalue weighted by Crippen LogP contribution is -2.62. The number of hydrogen-bond donors (Lipinski definition) is 21. The summed E-state index contributed by atoms with van der Waals surface area (Å²) in [6.45, 7) is 5.30. The molecule has 0 aliphatic carbocycles. The lowest BCUT2D eigenvalue weighted by atomic mass is 9.96. The number of aliphatic imine (C=N–C) groups is 3. The van der Waals surface area contributed by atoms with Crippen molar-refractivity contribution < 1.29 is 72.2 Å². The maximum absolute atomic E-state index is 14.8. The van der Waals surface area contributed by atoms with Gasteiger partial charge in [0.15, 0.2) is 17.9 Å². The maximum Gasteiger partial charge on any atom is 0.305 e. The number of imide groups is 1. The average molecular weight is 1530 g/mol. The summed E-state index contributed by atoms with van der Waals surface area (Å²) < 4.78 is 0. The van der Waals surface area contributed by atoms with Gasteiger partial charge >= 0.3 is 5.97 Å². The van der Waals surface area contributed by atoms with E-state index in [-0.39, 0.29) is 127 Å². The molecule has 12 atom stereocenters. The third-order valence-electron chi connectivity index (χ3n) is 16.6. The first-order valence-electron chi connectivity index (χ1n) is 34.8. The Balaban J connectivity index is 2.48. The van der Waals surface area contributed by atoms with E-state index >= 15 is 0 Å². The monoisotopic (exact) mass is 1520 g/mol. The van der Waals surface area contributed by atoms with Crippen LogP contribution in [-0.2, 0) is 80.0 Å². The van der Waals surface area contributed by atoms with Crippen LogP contribution in [-0.4, -0.2) is 222 Å². The van der Waals surface area contributed by atoms with Crippen LogP contribution in [0.25, 0.3) is 0 Å². The Morgan fingerprint density at radius 3 is 1.37 bits per heavy atom. The van der Waals surface area contributed by atoms with Gasteiger partial charge in [-0.2, -0.15) is 25.3 Å². The van der Waals surface area contributed by atoms with E-state index in [1.807, 2.05) is 0 Å². The predicted molar refractivity (Wildman–Crippen MR) is 403 cm³/mol. The number of thiol groups is 2. The van der Waals surface area contributed by atoms with Gasteiger partial charge in [-0.25, -0.2) is 0 Å². The van der Waals surface area contributed by atoms with Gasteiger partial charge in [0.05, 0.1) is 31.6 Å². The zero-order valence-electron chi connectivity index (χ0n) is 60.3. The van der Waals surface area contributed by atoms with Crippen LogP contribution in [0.5, 0.6) is 0 Å². The minimum atomic E-state index is -1.96. The summed E-state index contributed by atoms with van der Waals surface area (Å²) in [7, 11) is 0. The molecule has 2 aromatic rings. The number of unbranched alkanes of at least 4 members (excludes halogenated alkanes) is 1. The van der Waals surface area contributed by atoms with E-state index in [2.05, 4.69) is 93.4 Å². The third kappa shape index (κ3) is 35.1. The molecule has 2 rings (SSSR count). The van der Waals surface area contributed by atoms with Gasteiger partial charge in [-0.15, -0.1) is 0 Å². The van der Waals surface area contributed by atoms with Crippen LogP contribution in [0.4, 0.5) is 0 Å². The molecule has 0 spiro atoms. The minimum Gasteiger partial charge on any atom is -0.481 e. The van der Waals surface area contributed by atoms with E-state index in [0.717, 1.165) is 4.90 Å². The number of hydrogen-bond acceptors (Lipinski definition) is 21. The molecule has 27 N–H and O–H groups in total. The van der Waals surface area contributed by atoms with E-state index in [1.165, 1.54) is 0 Å². The molecule has 0 aliphatic rings. The highest BCUT2D eigenvalue weighted by Crippen LogP contribution is 2.18. The highest BCUT2D eigenvalue weighted by Gasteiger charge is 2.39. The molecule has 0 saturated carbocycles. The van der Waals surface area contributed by atoms with E-state index in [9.17, 15) is 72.2 Å². The molecule has 2 aromatic carbocycles. The maximum atomic E-state index is 14.8. The number of carbonyl (C=O) groups excluding carboxylic acids is 13. The Labute approximate surface area is 627 Å². The number of guanidine groups is 3. The standard InChI is InChI=1S/C67H108N22O15S2/c1-5-38(3)54(87-58(98)44(23-16-28-77-66(72)73)81-51(92)34-79-50(91)33-80-57(97)46(83-56(96)43(69)36-105)30-40-18-9-7-10-19-40)62(102)84-47(32-53(94)95)60(100)82-45(24-17-29-78-67(74)75)59(99)88-55(39(4)6-2)63(103)86-49(37-106)61(101)85-48(31-41-20-11-8-12-21-41)64(104)89(52(93)25-13-14-26-68)42(35-90)22-15-27-76-65(70)71/h7-12,18-21,35,38-39,42-49,54-55,105-106H,5-6,13-17,22-34,36-37,68-69H2,1-4H3,(H,79,91)(H,80,97)(H,81,92)(H,82,100)(H,83,96)(H,84,102)(H,85,101)(H,86,103)(H,87,98)(H,88,99)(H,94,95)(H4,70,71,76)(H4,72,73,77)(H4,74,75,78)/t38-,39-,42-,43-,44-,45-,46-,47-,48-,49-,54-,55-/m0/s1. The molecular weight excluding hydrogens is 1420 g/mol. The Kier molecular flexibility index (Phi) is 43.6. The van der Waals surface area contributed by atoms with Crippen molar-refractivity contribution >= 4 is 126 Å². The molecule has 106 heavy (non-hydrogen) atoms. The molecule has 12 amide bonds. The van der Waals surface area contributed by atoms with E-state index < -0.39 is 174 Å². The molecule has 37 nitrogen and oxygen atoms in total. The molecule has 0 radical (unpaired) electrons. The zero-order chi connectivity index (χ0) is 79.4. The average Bonchev–Trinajstić information content (AvgIpc) is 0.831. The number of aldehydes is 1. The number of carbonyl (C=O) groups is 14. The number of nitrogens with two attached hydrogens (primary N) is 8. The Hall–Kier alpha value is -10.1. The number of nitrogens with one attached hydrogen (secondary N) is 10. The lowest BCUT2D eigenvalue weighted by molar-refractivity contribution is -0.152. The molecule has 0 aliphatic heterocycles. The third-order valence-corrected chi connectivity index (χ3v) is 17.4. The van der Waals surface area contributed by atoms with Crippen LogP contribution in [0.3, 0.4) is 0 Å². The van der Waals surface area contributed by atoms with Gasteiger partial charge in [0.2, 0.25) is 65.0 Å². The minimum absolute atomic E-state index is 0.0124. The highest BCUT2D eigenvalue weighted by molar-refractivity contribution is 7.80. The quantitative estimate of drug-likeness (QED) is 0.00966. The second-order valence-electron chi connectivity index (χ2n) is 25.0. The number of aliphatic carboxylic acids is 1. The van der Waals surface area contributed by atoms with E-state index in [4.69, 9.17) is 45.9 Å². The van der Waals surface area contributed by atoms with Gasteiger partial charge in [0, 0.05) is 50.4 Å². The molecular formula is C67H108N22O15S2. The van der Waals surface area contributed by atoms with Crippen molar-refractivity contribution in [2.75, 3.05) is 50.8 Å². The van der Waals surface area contributed by atoms with Crippen molar-refractivity contribution in [3.05, 3.63) is 71.8 Å². The number of amides is 12. The summed E-state index contributed by atoms with van der Waals surface area (Å²) in [5, 5.41) is 35.2. The van der Waals surface area contributed by atoms with Gasteiger partial charge in [0.25, 0.3) is 5.91 Å². The highest BCUT2D eigenvalue weighted by atomic mass is 32.1. The number of carboxylic acid groups (broad SMARTS) is 1. The Morgan fingerprint density at radius 2 is 0.915 bits per heavy atom. The summed E-state index contributed by atoms with van der Waals surface area (Å²) >= 11 is 8.39. The van der Waals surface area contributed by atoms with E-state index in [0.29, 0.717) is 23.8 Å². The van der Waals surface area contributed by atoms with Crippen LogP contribution in [0.15, 0.2) is 75.6 Å². The molecule has 0 bridgehead atoms. The first kappa shape index (κ1) is 91.9. The molecule has 39 heteroatoms. The fraction of sp³-hybridized carbons (Fsp3) is 0.567. The Bertz CT molecular complexity index is 3310. The first-order valence-corrected chi connectivity index (χ1v) is 36.0. The van der Waals surface area contributed by atoms with Gasteiger partial charge in [0.1, 0.15) is 54.6 Å².